The van der Waals surface area contributed by atoms with Crippen LogP contribution in [-0.4, -0.2) is 78.6 Å². The number of rotatable bonds is 10. The average Bonchev–Trinajstić information content (AvgIpc) is 3.61. The number of nitrogens with zero attached hydrogens (tertiary/aromatic N) is 4. The van der Waals surface area contributed by atoms with E-state index in [0.717, 1.165) is 67.1 Å². The number of imidazole rings is 1. The molecule has 3 N–H and O–H groups in total. The number of morpholine rings is 1. The van der Waals surface area contributed by atoms with Gasteiger partial charge in [0.25, 0.3) is 0 Å². The van der Waals surface area contributed by atoms with Crippen LogP contribution < -0.4 is 25.4 Å². The minimum absolute atomic E-state index is 0.286. The van der Waals surface area contributed by atoms with Gasteiger partial charge in [-0.15, -0.1) is 0 Å². The van der Waals surface area contributed by atoms with Crippen LogP contribution in [0.15, 0.2) is 79.4 Å². The van der Waals surface area contributed by atoms with Crippen LogP contribution in [0.1, 0.15) is 26.3 Å². The number of carbonyl (C=O) groups excluding carboxylic acids is 2. The van der Waals surface area contributed by atoms with E-state index in [9.17, 15) is 9.59 Å². The van der Waals surface area contributed by atoms with Crippen molar-refractivity contribution in [3.8, 4) is 28.6 Å². The summed E-state index contributed by atoms with van der Waals surface area (Å²) in [6.07, 6.45) is 4.72. The number of amides is 3. The molecule has 1 aliphatic heterocycles. The fourth-order valence-corrected chi connectivity index (χ4v) is 5.90. The third-order valence-electron chi connectivity index (χ3n) is 8.66. The Morgan fingerprint density at radius 3 is 2.33 bits per heavy atom. The van der Waals surface area contributed by atoms with E-state index in [4.69, 9.17) is 18.9 Å². The van der Waals surface area contributed by atoms with Crippen molar-refractivity contribution in [1.82, 2.24) is 19.4 Å². The Kier molecular flexibility index (Phi) is 10.7. The summed E-state index contributed by atoms with van der Waals surface area (Å²) in [7, 11) is 2.75. The Morgan fingerprint density at radius 2 is 1.61 bits per heavy atom. The zero-order chi connectivity index (χ0) is 36.0. The van der Waals surface area contributed by atoms with Gasteiger partial charge in [-0.1, -0.05) is 45.0 Å². The van der Waals surface area contributed by atoms with Crippen molar-refractivity contribution in [2.45, 2.75) is 32.7 Å². The van der Waals surface area contributed by atoms with E-state index in [1.807, 2.05) is 81.8 Å². The second-order valence-electron chi connectivity index (χ2n) is 13.1. The monoisotopic (exact) mass is 693 g/mol. The molecule has 1 aliphatic rings. The summed E-state index contributed by atoms with van der Waals surface area (Å²) in [6, 6.07) is 18.2. The zero-order valence-electron chi connectivity index (χ0n) is 29.5. The van der Waals surface area contributed by atoms with Gasteiger partial charge in [-0.2, -0.15) is 0 Å². The van der Waals surface area contributed by atoms with Gasteiger partial charge >= 0.3 is 12.1 Å². The van der Waals surface area contributed by atoms with Crippen molar-refractivity contribution >= 4 is 40.0 Å². The summed E-state index contributed by atoms with van der Waals surface area (Å²) in [6.45, 7) is 11.2. The largest absolute Gasteiger partial charge is 0.492 e. The molecule has 0 bridgehead atoms. The first-order valence-corrected chi connectivity index (χ1v) is 16.7. The standard InChI is InChI=1S/C38H43N7O6/c1-38(2,3)25-20-31(35(48-4)32(21-25)43-37(47)49-5)42-36(46)41-29-10-11-34(28-9-7-6-8-27(28)29)51-26-12-13-40-30(22-26)33-23-39-24-45(33)15-14-44-16-18-50-19-17-44/h6-13,20-24H,14-19H2,1-5H3,(H,43,47)(H2,41,42,46). The molecule has 0 unspecified atom stereocenters. The molecule has 0 radical (unpaired) electrons. The Morgan fingerprint density at radius 1 is 0.882 bits per heavy atom. The lowest BCUT2D eigenvalue weighted by atomic mass is 9.86. The van der Waals surface area contributed by atoms with Crippen molar-refractivity contribution in [2.24, 2.45) is 0 Å². The molecule has 0 aliphatic carbocycles. The van der Waals surface area contributed by atoms with Gasteiger partial charge in [-0.25, -0.2) is 14.6 Å². The second kappa shape index (κ2) is 15.5. The molecule has 13 heteroatoms. The molecule has 266 valence electrons. The minimum atomic E-state index is -0.655. The number of fused-ring (bicyclic) bond motifs is 1. The van der Waals surface area contributed by atoms with Crippen molar-refractivity contribution in [3.63, 3.8) is 0 Å². The van der Waals surface area contributed by atoms with Crippen LogP contribution in [0.5, 0.6) is 17.2 Å². The summed E-state index contributed by atoms with van der Waals surface area (Å²) in [4.78, 5) is 37.0. The maximum absolute atomic E-state index is 13.5. The summed E-state index contributed by atoms with van der Waals surface area (Å²) in [5.74, 6) is 1.52. The number of nitrogens with one attached hydrogen (secondary N) is 3. The van der Waals surface area contributed by atoms with Crippen LogP contribution in [-0.2, 0) is 21.4 Å². The quantitative estimate of drug-likeness (QED) is 0.137. The minimum Gasteiger partial charge on any atom is -0.492 e. The average molecular weight is 694 g/mol. The van der Waals surface area contributed by atoms with Gasteiger partial charge < -0.3 is 34.1 Å². The maximum Gasteiger partial charge on any atom is 0.411 e. The lowest BCUT2D eigenvalue weighted by Gasteiger charge is -2.26. The second-order valence-corrected chi connectivity index (χ2v) is 13.1. The molecule has 6 rings (SSSR count). The first-order valence-electron chi connectivity index (χ1n) is 16.7. The van der Waals surface area contributed by atoms with Crippen molar-refractivity contribution in [1.29, 1.82) is 0 Å². The highest BCUT2D eigenvalue weighted by Gasteiger charge is 2.22. The Balaban J connectivity index is 1.21. The lowest BCUT2D eigenvalue weighted by molar-refractivity contribution is 0.0364. The molecule has 0 atom stereocenters. The van der Waals surface area contributed by atoms with E-state index >= 15 is 0 Å². The molecule has 0 saturated carbocycles. The van der Waals surface area contributed by atoms with Crippen LogP contribution >= 0.6 is 0 Å². The van der Waals surface area contributed by atoms with E-state index in [2.05, 4.69) is 35.4 Å². The molecule has 1 fully saturated rings. The third kappa shape index (κ3) is 8.39. The van der Waals surface area contributed by atoms with Gasteiger partial charge in [-0.3, -0.25) is 15.2 Å². The number of methoxy groups -OCH3 is 2. The molecule has 13 nitrogen and oxygen atoms in total. The molecule has 3 heterocycles. The van der Waals surface area contributed by atoms with Crippen LogP contribution in [0.3, 0.4) is 0 Å². The third-order valence-corrected chi connectivity index (χ3v) is 8.66. The summed E-state index contributed by atoms with van der Waals surface area (Å²) >= 11 is 0. The Hall–Kier alpha value is -5.66. The lowest BCUT2D eigenvalue weighted by Crippen LogP contribution is -2.38. The van der Waals surface area contributed by atoms with Gasteiger partial charge in [-0.05, 0) is 41.3 Å². The number of urea groups is 1. The fourth-order valence-electron chi connectivity index (χ4n) is 5.90. The summed E-state index contributed by atoms with van der Waals surface area (Å²) < 4.78 is 24.4. The molecular formula is C38H43N7O6. The summed E-state index contributed by atoms with van der Waals surface area (Å²) in [5, 5.41) is 10.1. The molecule has 5 aromatic rings. The zero-order valence-corrected chi connectivity index (χ0v) is 29.5. The first kappa shape index (κ1) is 35.2. The van der Waals surface area contributed by atoms with Crippen molar-refractivity contribution in [2.75, 3.05) is 63.0 Å². The topological polar surface area (TPSA) is 141 Å². The molecule has 0 spiro atoms. The maximum atomic E-state index is 13.5. The van der Waals surface area contributed by atoms with E-state index < -0.39 is 12.1 Å². The number of hydrogen-bond donors (Lipinski definition) is 3. The van der Waals surface area contributed by atoms with Gasteiger partial charge in [0.15, 0.2) is 5.75 Å². The summed E-state index contributed by atoms with van der Waals surface area (Å²) in [5.41, 5.74) is 3.56. The number of pyridine rings is 1. The van der Waals surface area contributed by atoms with Crippen molar-refractivity contribution < 1.29 is 28.5 Å². The van der Waals surface area contributed by atoms with Gasteiger partial charge in [0.2, 0.25) is 0 Å². The molecule has 1 saturated heterocycles. The van der Waals surface area contributed by atoms with Crippen LogP contribution in [0.2, 0.25) is 0 Å². The van der Waals surface area contributed by atoms with E-state index in [-0.39, 0.29) is 11.2 Å². The molecule has 2 aromatic heterocycles. The molecule has 3 aromatic carbocycles. The predicted octanol–water partition coefficient (Wildman–Crippen LogP) is 7.35. The number of benzene rings is 3. The predicted molar refractivity (Wildman–Crippen MR) is 197 cm³/mol. The highest BCUT2D eigenvalue weighted by molar-refractivity contribution is 6.08. The first-order chi connectivity index (χ1) is 24.6. The number of carbonyl (C=O) groups is 2. The van der Waals surface area contributed by atoms with Gasteiger partial charge in [0, 0.05) is 49.2 Å². The molecular weight excluding hydrogens is 650 g/mol. The number of anilines is 3. The van der Waals surface area contributed by atoms with Crippen LogP contribution in [0, 0.1) is 0 Å². The van der Waals surface area contributed by atoms with Gasteiger partial charge in [0.1, 0.15) is 11.5 Å². The van der Waals surface area contributed by atoms with Crippen LogP contribution in [0.4, 0.5) is 26.7 Å². The number of hydrogen-bond acceptors (Lipinski definition) is 9. The molecule has 3 amide bonds. The van der Waals surface area contributed by atoms with Gasteiger partial charge in [0.05, 0.1) is 68.4 Å². The van der Waals surface area contributed by atoms with Crippen molar-refractivity contribution in [3.05, 3.63) is 84.9 Å². The van der Waals surface area contributed by atoms with Crippen LogP contribution in [0.25, 0.3) is 22.2 Å². The molecule has 51 heavy (non-hydrogen) atoms. The number of aromatic nitrogens is 3. The van der Waals surface area contributed by atoms with E-state index in [1.54, 1.807) is 18.3 Å². The number of ether oxygens (including phenoxy) is 4. The normalized spacial score (nSPS) is 13.4. The Labute approximate surface area is 296 Å². The van der Waals surface area contributed by atoms with E-state index in [0.29, 0.717) is 28.6 Å². The highest BCUT2D eigenvalue weighted by Crippen LogP contribution is 2.40. The fraction of sp³-hybridized carbons (Fsp3) is 0.316. The smallest absolute Gasteiger partial charge is 0.411 e. The highest BCUT2D eigenvalue weighted by atomic mass is 16.5. The Bertz CT molecular complexity index is 2020. The van der Waals surface area contributed by atoms with E-state index in [1.165, 1.54) is 14.2 Å². The SMILES string of the molecule is COC(=O)Nc1cc(C(C)(C)C)cc(NC(=O)Nc2ccc(Oc3ccnc(-c4cncn4CCN4CCOCC4)c3)c3ccccc23)c1OC.